The molecule has 0 radical (unpaired) electrons. The first kappa shape index (κ1) is 27.2. The zero-order valence-corrected chi connectivity index (χ0v) is 22.1. The number of hydrogen-bond donors (Lipinski definition) is 6. The highest BCUT2D eigenvalue weighted by Crippen LogP contribution is 2.68. The maximum absolute atomic E-state index is 13.3. The van der Waals surface area contributed by atoms with Crippen LogP contribution in [0.1, 0.15) is 80.1 Å². The van der Waals surface area contributed by atoms with Gasteiger partial charge in [-0.3, -0.25) is 4.79 Å². The van der Waals surface area contributed by atoms with Gasteiger partial charge < -0.3 is 30.6 Å². The molecule has 0 bridgehead atoms. The van der Waals surface area contributed by atoms with Crippen LogP contribution in [-0.4, -0.2) is 72.0 Å². The number of hydrogen-bond acceptors (Lipinski definition) is 7. The van der Waals surface area contributed by atoms with Crippen molar-refractivity contribution in [2.45, 2.75) is 116 Å². The standard InChI is InChI=1S/C28H46O7/c1-14(2)15(3)9-23(33)27(6,34)22-7-8-28(35)17-11-18(29)16-10-19(30)20(31)12-25(16,4)24(17)21(32)13-26(22,28)5/h11,14-16,19-24,30-35H,7-10,12-13H2,1-6H3/t15?,16-,19+,20-,21+,22-,23+,24?,25-,26+,27+,28+/m0/s1. The van der Waals surface area contributed by atoms with Crippen LogP contribution < -0.4 is 0 Å². The van der Waals surface area contributed by atoms with Crippen molar-refractivity contribution in [3.8, 4) is 0 Å². The highest BCUT2D eigenvalue weighted by Gasteiger charge is 2.71. The second-order valence-corrected chi connectivity index (χ2v) is 13.5. The van der Waals surface area contributed by atoms with Crippen LogP contribution in [0, 0.1) is 40.4 Å². The Morgan fingerprint density at radius 2 is 1.71 bits per heavy atom. The third-order valence-electron chi connectivity index (χ3n) is 11.2. The van der Waals surface area contributed by atoms with E-state index >= 15 is 0 Å². The normalized spacial score (nSPS) is 48.9. The van der Waals surface area contributed by atoms with E-state index in [0.29, 0.717) is 30.8 Å². The van der Waals surface area contributed by atoms with Gasteiger partial charge in [0, 0.05) is 17.3 Å². The lowest BCUT2D eigenvalue weighted by Crippen LogP contribution is -2.66. The molecule has 4 aliphatic carbocycles. The van der Waals surface area contributed by atoms with Crippen molar-refractivity contribution in [2.75, 3.05) is 0 Å². The lowest BCUT2D eigenvalue weighted by Gasteiger charge is -2.62. The Hall–Kier alpha value is -0.830. The van der Waals surface area contributed by atoms with E-state index < -0.39 is 64.2 Å². The molecular weight excluding hydrogens is 448 g/mol. The number of carbonyl (C=O) groups is 1. The van der Waals surface area contributed by atoms with Crippen molar-refractivity contribution < 1.29 is 35.4 Å². The molecule has 200 valence electrons. The van der Waals surface area contributed by atoms with E-state index in [1.807, 2.05) is 13.8 Å². The molecule has 7 nitrogen and oxygen atoms in total. The van der Waals surface area contributed by atoms with Crippen LogP contribution in [-0.2, 0) is 4.79 Å². The van der Waals surface area contributed by atoms with E-state index in [1.54, 1.807) is 6.92 Å². The summed E-state index contributed by atoms with van der Waals surface area (Å²) in [5.41, 5.74) is -4.14. The summed E-state index contributed by atoms with van der Waals surface area (Å²) in [6.07, 6.45) is -0.636. The van der Waals surface area contributed by atoms with Gasteiger partial charge in [-0.2, -0.15) is 0 Å². The molecule has 0 aromatic carbocycles. The van der Waals surface area contributed by atoms with E-state index in [0.717, 1.165) is 0 Å². The third-order valence-corrected chi connectivity index (χ3v) is 11.2. The summed E-state index contributed by atoms with van der Waals surface area (Å²) in [6, 6.07) is 0. The van der Waals surface area contributed by atoms with Crippen molar-refractivity contribution in [1.82, 2.24) is 0 Å². The number of carbonyl (C=O) groups excluding carboxylic acids is 1. The summed E-state index contributed by atoms with van der Waals surface area (Å²) in [5, 5.41) is 67.4. The SMILES string of the molecule is CC(C)C(C)C[C@@H](O)[C@](C)(O)[C@H]1CC[C@@]2(O)C3=CC(=O)[C@@H]4C[C@@H](O)[C@@H](O)C[C@]4(C)C3[C@H](O)C[C@]12C. The summed E-state index contributed by atoms with van der Waals surface area (Å²) in [6.45, 7) is 11.6. The average Bonchev–Trinajstić information content (AvgIpc) is 3.01. The van der Waals surface area contributed by atoms with Gasteiger partial charge in [0.1, 0.15) is 0 Å². The molecule has 4 aliphatic rings. The first-order valence-corrected chi connectivity index (χ1v) is 13.4. The van der Waals surface area contributed by atoms with Gasteiger partial charge in [0.05, 0.1) is 35.6 Å². The van der Waals surface area contributed by atoms with Gasteiger partial charge in [0.15, 0.2) is 5.78 Å². The molecule has 7 heteroatoms. The molecule has 4 rings (SSSR count). The van der Waals surface area contributed by atoms with Gasteiger partial charge in [-0.15, -0.1) is 0 Å². The minimum atomic E-state index is -1.48. The highest BCUT2D eigenvalue weighted by molar-refractivity contribution is 5.95. The predicted octanol–water partition coefficient (Wildman–Crippen LogP) is 1.96. The van der Waals surface area contributed by atoms with Gasteiger partial charge in [-0.05, 0) is 80.3 Å². The van der Waals surface area contributed by atoms with Crippen LogP contribution in [0.4, 0.5) is 0 Å². The number of allylic oxidation sites excluding steroid dienone is 1. The van der Waals surface area contributed by atoms with Gasteiger partial charge in [0.2, 0.25) is 0 Å². The zero-order chi connectivity index (χ0) is 26.3. The van der Waals surface area contributed by atoms with Crippen molar-refractivity contribution in [1.29, 1.82) is 0 Å². The molecule has 3 fully saturated rings. The fourth-order valence-corrected chi connectivity index (χ4v) is 8.52. The molecule has 0 heterocycles. The third kappa shape index (κ3) is 3.79. The number of aliphatic hydroxyl groups excluding tert-OH is 4. The van der Waals surface area contributed by atoms with Crippen molar-refractivity contribution >= 4 is 5.78 Å². The van der Waals surface area contributed by atoms with Crippen LogP contribution in [0.3, 0.4) is 0 Å². The first-order chi connectivity index (χ1) is 16.0. The van der Waals surface area contributed by atoms with E-state index in [2.05, 4.69) is 20.8 Å². The Labute approximate surface area is 209 Å². The van der Waals surface area contributed by atoms with E-state index in [9.17, 15) is 35.4 Å². The molecule has 0 spiro atoms. The Bertz CT molecular complexity index is 883. The molecule has 12 atom stereocenters. The van der Waals surface area contributed by atoms with Gasteiger partial charge >= 0.3 is 0 Å². The van der Waals surface area contributed by atoms with Crippen molar-refractivity contribution in [2.24, 2.45) is 40.4 Å². The zero-order valence-electron chi connectivity index (χ0n) is 22.1. The summed E-state index contributed by atoms with van der Waals surface area (Å²) < 4.78 is 0. The van der Waals surface area contributed by atoms with Gasteiger partial charge in [0.25, 0.3) is 0 Å². The Morgan fingerprint density at radius 3 is 2.31 bits per heavy atom. The number of rotatable bonds is 5. The first-order valence-electron chi connectivity index (χ1n) is 13.4. The smallest absolute Gasteiger partial charge is 0.159 e. The quantitative estimate of drug-likeness (QED) is 0.343. The van der Waals surface area contributed by atoms with Gasteiger partial charge in [-0.25, -0.2) is 0 Å². The number of aliphatic hydroxyl groups is 6. The largest absolute Gasteiger partial charge is 0.392 e. The maximum Gasteiger partial charge on any atom is 0.159 e. The van der Waals surface area contributed by atoms with E-state index in [1.165, 1.54) is 6.08 Å². The molecule has 0 aliphatic heterocycles. The predicted molar refractivity (Wildman–Crippen MR) is 131 cm³/mol. The van der Waals surface area contributed by atoms with Crippen LogP contribution in [0.15, 0.2) is 11.6 Å². The molecule has 0 aromatic rings. The Kier molecular flexibility index (Phi) is 6.69. The second-order valence-electron chi connectivity index (χ2n) is 13.5. The van der Waals surface area contributed by atoms with Crippen LogP contribution in [0.25, 0.3) is 0 Å². The summed E-state index contributed by atoms with van der Waals surface area (Å²) in [7, 11) is 0. The molecule has 0 amide bonds. The molecule has 0 aromatic heterocycles. The van der Waals surface area contributed by atoms with Crippen molar-refractivity contribution in [3.05, 3.63) is 11.6 Å². The lowest BCUT2D eigenvalue weighted by molar-refractivity contribution is -0.197. The fraction of sp³-hybridized carbons (Fsp3) is 0.893. The fourth-order valence-electron chi connectivity index (χ4n) is 8.52. The van der Waals surface area contributed by atoms with Gasteiger partial charge in [-0.1, -0.05) is 34.6 Å². The maximum atomic E-state index is 13.3. The second kappa shape index (κ2) is 8.60. The molecule has 35 heavy (non-hydrogen) atoms. The monoisotopic (exact) mass is 494 g/mol. The van der Waals surface area contributed by atoms with E-state index in [-0.39, 0.29) is 31.0 Å². The van der Waals surface area contributed by atoms with Crippen LogP contribution >= 0.6 is 0 Å². The number of fused-ring (bicyclic) bond motifs is 5. The summed E-state index contributed by atoms with van der Waals surface area (Å²) in [5.74, 6) is -1.17. The minimum Gasteiger partial charge on any atom is -0.392 e. The van der Waals surface area contributed by atoms with Crippen molar-refractivity contribution in [3.63, 3.8) is 0 Å². The van der Waals surface area contributed by atoms with Crippen LogP contribution in [0.5, 0.6) is 0 Å². The summed E-state index contributed by atoms with van der Waals surface area (Å²) >= 11 is 0. The van der Waals surface area contributed by atoms with Crippen LogP contribution in [0.2, 0.25) is 0 Å². The Morgan fingerprint density at radius 1 is 1.09 bits per heavy atom. The topological polar surface area (TPSA) is 138 Å². The summed E-state index contributed by atoms with van der Waals surface area (Å²) in [4.78, 5) is 13.3. The Balaban J connectivity index is 1.72. The average molecular weight is 495 g/mol. The molecule has 2 unspecified atom stereocenters. The number of ketones is 1. The lowest BCUT2D eigenvalue weighted by atomic mass is 9.44. The molecule has 0 saturated heterocycles. The molecule has 3 saturated carbocycles. The van der Waals surface area contributed by atoms with E-state index in [4.69, 9.17) is 0 Å². The highest BCUT2D eigenvalue weighted by atomic mass is 16.3. The molecule has 6 N–H and O–H groups in total. The molecular formula is C28H46O7. The minimum absolute atomic E-state index is 0.136.